The van der Waals surface area contributed by atoms with Crippen LogP contribution in [0.4, 0.5) is 11.8 Å². The van der Waals surface area contributed by atoms with Crippen molar-refractivity contribution < 1.29 is 0 Å². The van der Waals surface area contributed by atoms with E-state index < -0.39 is 0 Å². The highest BCUT2D eigenvalue weighted by atomic mass is 15.3. The zero-order chi connectivity index (χ0) is 14.9. The molecule has 0 spiro atoms. The summed E-state index contributed by atoms with van der Waals surface area (Å²) in [6.07, 6.45) is 3.96. The topological polar surface area (TPSA) is 53.9 Å². The van der Waals surface area contributed by atoms with Crippen LogP contribution in [0, 0.1) is 0 Å². The van der Waals surface area contributed by atoms with E-state index in [4.69, 9.17) is 0 Å². The van der Waals surface area contributed by atoms with Crippen molar-refractivity contribution in [2.24, 2.45) is 0 Å². The third-order valence-electron chi connectivity index (χ3n) is 3.26. The summed E-state index contributed by atoms with van der Waals surface area (Å²) in [5.41, 5.74) is 1.24. The molecular weight excluding hydrogens is 262 g/mol. The first-order valence-electron chi connectivity index (χ1n) is 7.56. The zero-order valence-corrected chi connectivity index (χ0v) is 12.8. The summed E-state index contributed by atoms with van der Waals surface area (Å²) in [4.78, 5) is 6.67. The standard InChI is InChI=1S/C16H23N5/c1-3-5-11-17-15-12-18-20-16(19-15)21(4-2)13-14-9-7-6-8-10-14/h6-10,12H,3-5,11,13H2,1-2H3,(H,17,19,20). The van der Waals surface area contributed by atoms with Crippen LogP contribution in [0.25, 0.3) is 0 Å². The summed E-state index contributed by atoms with van der Waals surface area (Å²) in [5.74, 6) is 1.46. The molecule has 1 aromatic heterocycles. The first-order chi connectivity index (χ1) is 10.3. The SMILES string of the molecule is CCCCNc1cnnc(N(CC)Cc2ccccc2)n1. The number of hydrogen-bond donors (Lipinski definition) is 1. The van der Waals surface area contributed by atoms with Crippen molar-refractivity contribution in [2.75, 3.05) is 23.3 Å². The molecule has 5 nitrogen and oxygen atoms in total. The maximum absolute atomic E-state index is 4.55. The number of rotatable bonds is 8. The minimum atomic E-state index is 0.669. The number of nitrogens with one attached hydrogen (secondary N) is 1. The maximum Gasteiger partial charge on any atom is 0.247 e. The van der Waals surface area contributed by atoms with Crippen LogP contribution >= 0.6 is 0 Å². The largest absolute Gasteiger partial charge is 0.369 e. The summed E-state index contributed by atoms with van der Waals surface area (Å²) in [7, 11) is 0. The summed E-state index contributed by atoms with van der Waals surface area (Å²) in [6.45, 7) is 6.82. The average Bonchev–Trinajstić information content (AvgIpc) is 2.54. The molecule has 0 saturated heterocycles. The van der Waals surface area contributed by atoms with E-state index in [1.807, 2.05) is 18.2 Å². The number of aromatic nitrogens is 3. The van der Waals surface area contributed by atoms with Crippen molar-refractivity contribution in [3.05, 3.63) is 42.1 Å². The minimum absolute atomic E-state index is 0.669. The first kappa shape index (κ1) is 15.2. The molecule has 1 N–H and O–H groups in total. The monoisotopic (exact) mass is 285 g/mol. The van der Waals surface area contributed by atoms with Gasteiger partial charge in [-0.2, -0.15) is 10.1 Å². The second-order valence-corrected chi connectivity index (χ2v) is 4.92. The summed E-state index contributed by atoms with van der Waals surface area (Å²) >= 11 is 0. The van der Waals surface area contributed by atoms with Gasteiger partial charge in [0.25, 0.3) is 0 Å². The predicted octanol–water partition coefficient (Wildman–Crippen LogP) is 3.11. The third-order valence-corrected chi connectivity index (χ3v) is 3.26. The molecule has 0 radical (unpaired) electrons. The number of benzene rings is 1. The van der Waals surface area contributed by atoms with Crippen LogP contribution in [0.5, 0.6) is 0 Å². The van der Waals surface area contributed by atoms with E-state index in [9.17, 15) is 0 Å². The van der Waals surface area contributed by atoms with E-state index in [1.54, 1.807) is 6.20 Å². The molecule has 112 valence electrons. The van der Waals surface area contributed by atoms with Gasteiger partial charge in [0.15, 0.2) is 5.82 Å². The lowest BCUT2D eigenvalue weighted by Crippen LogP contribution is -2.25. The highest BCUT2D eigenvalue weighted by Gasteiger charge is 2.09. The fourth-order valence-corrected chi connectivity index (χ4v) is 2.03. The Morgan fingerprint density at radius 3 is 2.67 bits per heavy atom. The van der Waals surface area contributed by atoms with Crippen molar-refractivity contribution in [1.29, 1.82) is 0 Å². The van der Waals surface area contributed by atoms with Crippen molar-refractivity contribution in [1.82, 2.24) is 15.2 Å². The maximum atomic E-state index is 4.55. The predicted molar refractivity (Wildman–Crippen MR) is 86.4 cm³/mol. The van der Waals surface area contributed by atoms with Crippen LogP contribution in [0.3, 0.4) is 0 Å². The molecule has 0 aliphatic carbocycles. The van der Waals surface area contributed by atoms with Crippen LogP contribution in [0.15, 0.2) is 36.5 Å². The molecular formula is C16H23N5. The highest BCUT2D eigenvalue weighted by Crippen LogP contribution is 2.13. The van der Waals surface area contributed by atoms with E-state index in [0.29, 0.717) is 5.95 Å². The van der Waals surface area contributed by atoms with Crippen molar-refractivity contribution >= 4 is 11.8 Å². The van der Waals surface area contributed by atoms with Gasteiger partial charge in [-0.3, -0.25) is 0 Å². The number of anilines is 2. The molecule has 5 heteroatoms. The van der Waals surface area contributed by atoms with E-state index in [2.05, 4.69) is 51.4 Å². The van der Waals surface area contributed by atoms with Gasteiger partial charge in [-0.15, -0.1) is 5.10 Å². The number of nitrogens with zero attached hydrogens (tertiary/aromatic N) is 4. The molecule has 0 atom stereocenters. The second kappa shape index (κ2) is 8.19. The Labute approximate surface area is 126 Å². The van der Waals surface area contributed by atoms with Crippen LogP contribution < -0.4 is 10.2 Å². The smallest absolute Gasteiger partial charge is 0.247 e. The second-order valence-electron chi connectivity index (χ2n) is 4.92. The minimum Gasteiger partial charge on any atom is -0.369 e. The number of unbranched alkanes of at least 4 members (excludes halogenated alkanes) is 1. The average molecular weight is 285 g/mol. The van der Waals surface area contributed by atoms with Crippen LogP contribution in [-0.2, 0) is 6.54 Å². The number of hydrogen-bond acceptors (Lipinski definition) is 5. The molecule has 0 aliphatic heterocycles. The Balaban J connectivity index is 2.05. The van der Waals surface area contributed by atoms with Crippen LogP contribution in [0.2, 0.25) is 0 Å². The Bertz CT molecular complexity index is 529. The van der Waals surface area contributed by atoms with Gasteiger partial charge < -0.3 is 10.2 Å². The molecule has 0 saturated carbocycles. The lowest BCUT2D eigenvalue weighted by molar-refractivity contribution is 0.766. The van der Waals surface area contributed by atoms with E-state index >= 15 is 0 Å². The summed E-state index contributed by atoms with van der Waals surface area (Å²) in [6, 6.07) is 10.3. The normalized spacial score (nSPS) is 10.4. The lowest BCUT2D eigenvalue weighted by Gasteiger charge is -2.20. The molecule has 0 bridgehead atoms. The van der Waals surface area contributed by atoms with E-state index in [0.717, 1.165) is 38.3 Å². The Kier molecular flexibility index (Phi) is 5.94. The highest BCUT2D eigenvalue weighted by molar-refractivity contribution is 5.39. The molecule has 2 aromatic rings. The Morgan fingerprint density at radius 2 is 1.95 bits per heavy atom. The zero-order valence-electron chi connectivity index (χ0n) is 12.8. The van der Waals surface area contributed by atoms with Gasteiger partial charge in [-0.25, -0.2) is 0 Å². The molecule has 2 rings (SSSR count). The van der Waals surface area contributed by atoms with Gasteiger partial charge in [0, 0.05) is 19.6 Å². The Morgan fingerprint density at radius 1 is 1.14 bits per heavy atom. The van der Waals surface area contributed by atoms with Gasteiger partial charge in [0.2, 0.25) is 5.95 Å². The fraction of sp³-hybridized carbons (Fsp3) is 0.438. The molecule has 1 heterocycles. The van der Waals surface area contributed by atoms with Gasteiger partial charge in [0.05, 0.1) is 6.20 Å². The molecule has 0 aliphatic rings. The van der Waals surface area contributed by atoms with E-state index in [1.165, 1.54) is 5.56 Å². The van der Waals surface area contributed by atoms with Crippen LogP contribution in [0.1, 0.15) is 32.3 Å². The summed E-state index contributed by atoms with van der Waals surface area (Å²) in [5, 5.41) is 11.5. The molecule has 21 heavy (non-hydrogen) atoms. The quantitative estimate of drug-likeness (QED) is 0.755. The van der Waals surface area contributed by atoms with E-state index in [-0.39, 0.29) is 0 Å². The summed E-state index contributed by atoms with van der Waals surface area (Å²) < 4.78 is 0. The van der Waals surface area contributed by atoms with Gasteiger partial charge >= 0.3 is 0 Å². The van der Waals surface area contributed by atoms with Crippen LogP contribution in [-0.4, -0.2) is 28.3 Å². The molecule has 0 amide bonds. The van der Waals surface area contributed by atoms with Gasteiger partial charge in [-0.05, 0) is 18.9 Å². The van der Waals surface area contributed by atoms with Crippen molar-refractivity contribution in [3.8, 4) is 0 Å². The van der Waals surface area contributed by atoms with Crippen molar-refractivity contribution in [3.63, 3.8) is 0 Å². The molecule has 0 unspecified atom stereocenters. The lowest BCUT2D eigenvalue weighted by atomic mass is 10.2. The van der Waals surface area contributed by atoms with Gasteiger partial charge in [-0.1, -0.05) is 43.7 Å². The Hall–Kier alpha value is -2.17. The van der Waals surface area contributed by atoms with Gasteiger partial charge in [0.1, 0.15) is 0 Å². The molecule has 0 fully saturated rings. The molecule has 1 aromatic carbocycles. The third kappa shape index (κ3) is 4.70. The first-order valence-corrected chi connectivity index (χ1v) is 7.56. The fourth-order valence-electron chi connectivity index (χ4n) is 2.03. The van der Waals surface area contributed by atoms with Crippen molar-refractivity contribution in [2.45, 2.75) is 33.2 Å².